The summed E-state index contributed by atoms with van der Waals surface area (Å²) in [6.45, 7) is 7.81. The van der Waals surface area contributed by atoms with Gasteiger partial charge in [-0.1, -0.05) is 23.8 Å². The maximum atomic E-state index is 11.6. The summed E-state index contributed by atoms with van der Waals surface area (Å²) in [5.41, 5.74) is 2.73. The normalized spacial score (nSPS) is 39.2. The number of esters is 1. The smallest absolute Gasteiger partial charge is 0.334 e. The zero-order valence-electron chi connectivity index (χ0n) is 11.0. The van der Waals surface area contributed by atoms with Gasteiger partial charge >= 0.3 is 5.97 Å². The van der Waals surface area contributed by atoms with Gasteiger partial charge in [-0.05, 0) is 39.2 Å². The molecule has 1 aliphatic carbocycles. The highest BCUT2D eigenvalue weighted by atomic mass is 16.6. The SMILES string of the molecule is C=C1C(=O)O[C@H]2/C=C(\C)CC/C=C(\C)C[C@@H](O)[C@@H]12. The van der Waals surface area contributed by atoms with Crippen LogP contribution in [0.1, 0.15) is 33.1 Å². The fourth-order valence-corrected chi connectivity index (χ4v) is 2.65. The van der Waals surface area contributed by atoms with Crippen molar-refractivity contribution in [1.29, 1.82) is 0 Å². The van der Waals surface area contributed by atoms with E-state index < -0.39 is 6.10 Å². The molecule has 0 spiro atoms. The third kappa shape index (κ3) is 2.56. The number of allylic oxidation sites excluding steroid dienone is 2. The quantitative estimate of drug-likeness (QED) is 0.407. The van der Waals surface area contributed by atoms with Crippen LogP contribution in [-0.4, -0.2) is 23.3 Å². The van der Waals surface area contributed by atoms with E-state index in [2.05, 4.69) is 12.7 Å². The zero-order chi connectivity index (χ0) is 13.3. The van der Waals surface area contributed by atoms with E-state index >= 15 is 0 Å². The molecule has 2 rings (SSSR count). The maximum Gasteiger partial charge on any atom is 0.334 e. The molecule has 0 unspecified atom stereocenters. The third-order valence-corrected chi connectivity index (χ3v) is 3.69. The van der Waals surface area contributed by atoms with E-state index in [0.717, 1.165) is 18.4 Å². The van der Waals surface area contributed by atoms with Crippen LogP contribution in [0.25, 0.3) is 0 Å². The Morgan fingerprint density at radius 1 is 1.39 bits per heavy atom. The number of carbonyl (C=O) groups excluding carboxylic acids is 1. The molecule has 1 heterocycles. The first-order valence-corrected chi connectivity index (χ1v) is 6.40. The summed E-state index contributed by atoms with van der Waals surface area (Å²) in [6.07, 6.45) is 5.65. The van der Waals surface area contributed by atoms with Crippen molar-refractivity contribution in [1.82, 2.24) is 0 Å². The zero-order valence-corrected chi connectivity index (χ0v) is 11.0. The minimum atomic E-state index is -0.604. The van der Waals surface area contributed by atoms with Crippen molar-refractivity contribution >= 4 is 5.97 Å². The average molecular weight is 248 g/mol. The minimum absolute atomic E-state index is 0.311. The van der Waals surface area contributed by atoms with E-state index in [9.17, 15) is 9.90 Å². The predicted octanol–water partition coefficient (Wildman–Crippen LogP) is 2.52. The molecule has 0 amide bonds. The highest BCUT2D eigenvalue weighted by Gasteiger charge is 2.41. The molecule has 0 bridgehead atoms. The van der Waals surface area contributed by atoms with Crippen LogP contribution in [0, 0.1) is 5.92 Å². The van der Waals surface area contributed by atoms with Gasteiger partial charge in [0.1, 0.15) is 6.10 Å². The molecule has 0 radical (unpaired) electrons. The van der Waals surface area contributed by atoms with E-state index in [1.165, 1.54) is 5.57 Å². The number of ether oxygens (including phenoxy) is 1. The van der Waals surface area contributed by atoms with Gasteiger partial charge < -0.3 is 9.84 Å². The Kier molecular flexibility index (Phi) is 3.71. The lowest BCUT2D eigenvalue weighted by Gasteiger charge is -2.23. The van der Waals surface area contributed by atoms with Gasteiger partial charge in [0.05, 0.1) is 12.0 Å². The molecule has 1 N–H and O–H groups in total. The Bertz CT molecular complexity index is 431. The van der Waals surface area contributed by atoms with Crippen LogP contribution >= 0.6 is 0 Å². The van der Waals surface area contributed by atoms with Crippen molar-refractivity contribution in [2.75, 3.05) is 0 Å². The highest BCUT2D eigenvalue weighted by molar-refractivity contribution is 5.91. The highest BCUT2D eigenvalue weighted by Crippen LogP contribution is 2.34. The van der Waals surface area contributed by atoms with Gasteiger partial charge in [-0.25, -0.2) is 4.79 Å². The largest absolute Gasteiger partial charge is 0.454 e. The molecule has 3 heteroatoms. The Morgan fingerprint density at radius 2 is 2.11 bits per heavy atom. The number of aliphatic hydroxyl groups is 1. The Hall–Kier alpha value is -1.35. The van der Waals surface area contributed by atoms with Crippen molar-refractivity contribution < 1.29 is 14.6 Å². The Labute approximate surface area is 108 Å². The second kappa shape index (κ2) is 5.11. The minimum Gasteiger partial charge on any atom is -0.454 e. The van der Waals surface area contributed by atoms with Gasteiger partial charge in [-0.2, -0.15) is 0 Å². The number of hydrogen-bond acceptors (Lipinski definition) is 3. The molecule has 1 saturated heterocycles. The van der Waals surface area contributed by atoms with Crippen LogP contribution in [-0.2, 0) is 9.53 Å². The van der Waals surface area contributed by atoms with Crippen LogP contribution in [0.4, 0.5) is 0 Å². The van der Waals surface area contributed by atoms with Gasteiger partial charge in [0.15, 0.2) is 0 Å². The molecule has 18 heavy (non-hydrogen) atoms. The van der Waals surface area contributed by atoms with Crippen LogP contribution in [0.3, 0.4) is 0 Å². The van der Waals surface area contributed by atoms with Gasteiger partial charge in [-0.15, -0.1) is 0 Å². The van der Waals surface area contributed by atoms with Crippen molar-refractivity contribution in [2.45, 2.75) is 45.3 Å². The van der Waals surface area contributed by atoms with Crippen molar-refractivity contribution in [3.63, 3.8) is 0 Å². The fourth-order valence-electron chi connectivity index (χ4n) is 2.65. The van der Waals surface area contributed by atoms with Crippen LogP contribution in [0.2, 0.25) is 0 Å². The van der Waals surface area contributed by atoms with Crippen LogP contribution in [0.5, 0.6) is 0 Å². The molecule has 2 aliphatic rings. The molecule has 0 aromatic rings. The summed E-state index contributed by atoms with van der Waals surface area (Å²) in [5, 5.41) is 10.3. The lowest BCUT2D eigenvalue weighted by atomic mass is 9.86. The summed E-state index contributed by atoms with van der Waals surface area (Å²) in [7, 11) is 0. The molecule has 1 aliphatic heterocycles. The second-order valence-electron chi connectivity index (χ2n) is 5.29. The van der Waals surface area contributed by atoms with Crippen LogP contribution < -0.4 is 0 Å². The Balaban J connectivity index is 2.33. The summed E-state index contributed by atoms with van der Waals surface area (Å²) in [4.78, 5) is 11.6. The Morgan fingerprint density at radius 3 is 2.83 bits per heavy atom. The van der Waals surface area contributed by atoms with Crippen molar-refractivity contribution in [3.05, 3.63) is 35.5 Å². The number of hydrogen-bond donors (Lipinski definition) is 1. The van der Waals surface area contributed by atoms with Crippen LogP contribution in [0.15, 0.2) is 35.5 Å². The molecule has 3 nitrogen and oxygen atoms in total. The molecule has 0 aromatic carbocycles. The van der Waals surface area contributed by atoms with E-state index in [1.807, 2.05) is 19.9 Å². The maximum absolute atomic E-state index is 11.6. The number of fused-ring (bicyclic) bond motifs is 1. The number of aliphatic hydroxyl groups excluding tert-OH is 1. The molecule has 98 valence electrons. The first kappa shape index (κ1) is 13.1. The monoisotopic (exact) mass is 248 g/mol. The molecule has 1 fully saturated rings. The first-order chi connectivity index (χ1) is 8.49. The summed E-state index contributed by atoms with van der Waals surface area (Å²) < 4.78 is 5.29. The molecule has 0 saturated carbocycles. The van der Waals surface area contributed by atoms with Crippen molar-refractivity contribution in [2.24, 2.45) is 5.92 Å². The molecule has 0 aromatic heterocycles. The van der Waals surface area contributed by atoms with E-state index in [-0.39, 0.29) is 18.0 Å². The van der Waals surface area contributed by atoms with E-state index in [4.69, 9.17) is 4.74 Å². The van der Waals surface area contributed by atoms with Crippen molar-refractivity contribution in [3.8, 4) is 0 Å². The fraction of sp³-hybridized carbons (Fsp3) is 0.533. The summed E-state index contributed by atoms with van der Waals surface area (Å²) in [5.74, 6) is -0.692. The molecular formula is C15H20O3. The molecular weight excluding hydrogens is 228 g/mol. The lowest BCUT2D eigenvalue weighted by molar-refractivity contribution is -0.137. The topological polar surface area (TPSA) is 46.5 Å². The van der Waals surface area contributed by atoms with E-state index in [0.29, 0.717) is 12.0 Å². The van der Waals surface area contributed by atoms with E-state index in [1.54, 1.807) is 0 Å². The van der Waals surface area contributed by atoms with Gasteiger partial charge in [0.25, 0.3) is 0 Å². The summed E-state index contributed by atoms with van der Waals surface area (Å²) >= 11 is 0. The standard InChI is InChI=1S/C15H20O3/c1-9-5-4-6-10(2)8-13-14(12(16)7-9)11(3)15(17)18-13/h5,8,12-14,16H,3-4,6-7H2,1-2H3/b9-5+,10-8+/t12-,13+,14-/m1/s1. The number of rotatable bonds is 0. The van der Waals surface area contributed by atoms with Gasteiger partial charge in [0, 0.05) is 5.57 Å². The second-order valence-corrected chi connectivity index (χ2v) is 5.29. The lowest BCUT2D eigenvalue weighted by Crippen LogP contribution is -2.28. The molecule has 3 atom stereocenters. The van der Waals surface area contributed by atoms with Gasteiger partial charge in [-0.3, -0.25) is 0 Å². The first-order valence-electron chi connectivity index (χ1n) is 6.40. The summed E-state index contributed by atoms with van der Waals surface area (Å²) in [6, 6.07) is 0. The average Bonchev–Trinajstić information content (AvgIpc) is 2.53. The predicted molar refractivity (Wildman–Crippen MR) is 69.9 cm³/mol. The third-order valence-electron chi connectivity index (χ3n) is 3.69. The van der Waals surface area contributed by atoms with Gasteiger partial charge in [0.2, 0.25) is 0 Å². The number of carbonyl (C=O) groups is 1.